The Bertz CT molecular complexity index is 363. The highest BCUT2D eigenvalue weighted by Crippen LogP contribution is 2.26. The zero-order chi connectivity index (χ0) is 9.97. The molecule has 0 saturated heterocycles. The first-order chi connectivity index (χ1) is 6.79. The van der Waals surface area contributed by atoms with Gasteiger partial charge in [-0.05, 0) is 37.6 Å². The van der Waals surface area contributed by atoms with Crippen LogP contribution < -0.4 is 0 Å². The molecule has 1 aliphatic rings. The number of nitriles is 1. The van der Waals surface area contributed by atoms with Crippen molar-refractivity contribution >= 4 is 0 Å². The molecule has 0 N–H and O–H groups in total. The monoisotopic (exact) mass is 187 g/mol. The molecule has 1 aromatic heterocycles. The second-order valence-electron chi connectivity index (χ2n) is 3.81. The summed E-state index contributed by atoms with van der Waals surface area (Å²) in [4.78, 5) is 6.28. The molecule has 0 amide bonds. The molecule has 0 atom stereocenters. The summed E-state index contributed by atoms with van der Waals surface area (Å²) in [6.07, 6.45) is 4.33. The Labute approximate surface area is 84.0 Å². The van der Waals surface area contributed by atoms with Gasteiger partial charge in [0.1, 0.15) is 11.8 Å². The predicted molar refractivity (Wildman–Crippen MR) is 53.4 cm³/mol. The summed E-state index contributed by atoms with van der Waals surface area (Å²) in [6.45, 7) is 0.919. The SMILES string of the molecule is CN(Cc1ccnc(C#N)c1)C1CC1. The molecule has 14 heavy (non-hydrogen) atoms. The van der Waals surface area contributed by atoms with E-state index in [2.05, 4.69) is 23.0 Å². The third-order valence-corrected chi connectivity index (χ3v) is 2.54. The van der Waals surface area contributed by atoms with Crippen LogP contribution >= 0.6 is 0 Å². The summed E-state index contributed by atoms with van der Waals surface area (Å²) in [7, 11) is 2.13. The van der Waals surface area contributed by atoms with Crippen LogP contribution in [0.3, 0.4) is 0 Å². The molecule has 0 bridgehead atoms. The van der Waals surface area contributed by atoms with Crippen LogP contribution in [0.1, 0.15) is 24.1 Å². The average Bonchev–Trinajstić information content (AvgIpc) is 3.01. The smallest absolute Gasteiger partial charge is 0.140 e. The van der Waals surface area contributed by atoms with Crippen molar-refractivity contribution in [3.05, 3.63) is 29.6 Å². The largest absolute Gasteiger partial charge is 0.299 e. The van der Waals surface area contributed by atoms with Crippen LogP contribution in [0.4, 0.5) is 0 Å². The van der Waals surface area contributed by atoms with Gasteiger partial charge in [0.15, 0.2) is 0 Å². The first kappa shape index (κ1) is 9.17. The minimum atomic E-state index is 0.506. The summed E-state index contributed by atoms with van der Waals surface area (Å²) in [5.41, 5.74) is 1.68. The molecule has 0 radical (unpaired) electrons. The van der Waals surface area contributed by atoms with Crippen LogP contribution in [-0.2, 0) is 6.54 Å². The second kappa shape index (κ2) is 3.77. The Morgan fingerprint density at radius 1 is 1.64 bits per heavy atom. The van der Waals surface area contributed by atoms with Gasteiger partial charge in [0.05, 0.1) is 0 Å². The molecule has 0 aliphatic heterocycles. The number of aromatic nitrogens is 1. The van der Waals surface area contributed by atoms with Gasteiger partial charge in [-0.1, -0.05) is 0 Å². The number of nitrogens with zero attached hydrogens (tertiary/aromatic N) is 3. The lowest BCUT2D eigenvalue weighted by Gasteiger charge is -2.15. The van der Waals surface area contributed by atoms with Crippen molar-refractivity contribution in [3.63, 3.8) is 0 Å². The van der Waals surface area contributed by atoms with E-state index in [0.29, 0.717) is 5.69 Å². The van der Waals surface area contributed by atoms with Gasteiger partial charge >= 0.3 is 0 Å². The lowest BCUT2D eigenvalue weighted by Crippen LogP contribution is -2.19. The highest BCUT2D eigenvalue weighted by atomic mass is 15.1. The van der Waals surface area contributed by atoms with Crippen molar-refractivity contribution in [2.45, 2.75) is 25.4 Å². The van der Waals surface area contributed by atoms with E-state index in [1.54, 1.807) is 6.20 Å². The standard InChI is InChI=1S/C11H13N3/c1-14(11-2-3-11)8-9-4-5-13-10(6-9)7-12/h4-6,11H,2-3,8H2,1H3. The maximum atomic E-state index is 8.69. The summed E-state index contributed by atoms with van der Waals surface area (Å²) in [5.74, 6) is 0. The molecule has 72 valence electrons. The molecule has 0 aromatic carbocycles. The summed E-state index contributed by atoms with van der Waals surface area (Å²) in [5, 5.41) is 8.69. The lowest BCUT2D eigenvalue weighted by atomic mass is 10.2. The van der Waals surface area contributed by atoms with Gasteiger partial charge in [-0.25, -0.2) is 4.98 Å². The van der Waals surface area contributed by atoms with E-state index in [-0.39, 0.29) is 0 Å². The van der Waals surface area contributed by atoms with E-state index >= 15 is 0 Å². The first-order valence-corrected chi connectivity index (χ1v) is 4.85. The molecule has 1 saturated carbocycles. The third-order valence-electron chi connectivity index (χ3n) is 2.54. The molecule has 0 spiro atoms. The average molecular weight is 187 g/mol. The zero-order valence-electron chi connectivity index (χ0n) is 8.27. The molecular formula is C11H13N3. The predicted octanol–water partition coefficient (Wildman–Crippen LogP) is 1.55. The first-order valence-electron chi connectivity index (χ1n) is 4.85. The van der Waals surface area contributed by atoms with Gasteiger partial charge in [0, 0.05) is 18.8 Å². The van der Waals surface area contributed by atoms with Gasteiger partial charge in [-0.2, -0.15) is 5.26 Å². The maximum Gasteiger partial charge on any atom is 0.140 e. The number of hydrogen-bond acceptors (Lipinski definition) is 3. The normalized spacial score (nSPS) is 15.5. The summed E-state index contributed by atoms with van der Waals surface area (Å²) < 4.78 is 0. The fraction of sp³-hybridized carbons (Fsp3) is 0.455. The molecule has 0 unspecified atom stereocenters. The molecule has 1 aliphatic carbocycles. The van der Waals surface area contributed by atoms with Crippen LogP contribution in [0, 0.1) is 11.3 Å². The van der Waals surface area contributed by atoms with E-state index in [9.17, 15) is 0 Å². The number of pyridine rings is 1. The summed E-state index contributed by atoms with van der Waals surface area (Å²) in [6, 6.07) is 6.65. The molecule has 3 heteroatoms. The Hall–Kier alpha value is -1.40. The third kappa shape index (κ3) is 2.09. The van der Waals surface area contributed by atoms with Crippen molar-refractivity contribution in [1.29, 1.82) is 5.26 Å². The Balaban J connectivity index is 2.04. The highest BCUT2D eigenvalue weighted by Gasteiger charge is 2.25. The Kier molecular flexibility index (Phi) is 2.47. The van der Waals surface area contributed by atoms with Crippen molar-refractivity contribution in [2.75, 3.05) is 7.05 Å². The minimum absolute atomic E-state index is 0.506. The number of hydrogen-bond donors (Lipinski definition) is 0. The quantitative estimate of drug-likeness (QED) is 0.720. The highest BCUT2D eigenvalue weighted by molar-refractivity contribution is 5.25. The van der Waals surface area contributed by atoms with E-state index in [1.165, 1.54) is 18.4 Å². The zero-order valence-corrected chi connectivity index (χ0v) is 8.27. The van der Waals surface area contributed by atoms with Crippen LogP contribution in [0.5, 0.6) is 0 Å². The van der Waals surface area contributed by atoms with Crippen molar-refractivity contribution in [2.24, 2.45) is 0 Å². The van der Waals surface area contributed by atoms with Crippen LogP contribution in [0.15, 0.2) is 18.3 Å². The molecule has 1 fully saturated rings. The van der Waals surface area contributed by atoms with E-state index in [1.807, 2.05) is 12.1 Å². The van der Waals surface area contributed by atoms with Gasteiger partial charge < -0.3 is 0 Å². The second-order valence-corrected chi connectivity index (χ2v) is 3.81. The van der Waals surface area contributed by atoms with Gasteiger partial charge in [-0.3, -0.25) is 4.90 Å². The fourth-order valence-corrected chi connectivity index (χ4v) is 1.57. The molecule has 1 aromatic rings. The van der Waals surface area contributed by atoms with Gasteiger partial charge in [0.25, 0.3) is 0 Å². The van der Waals surface area contributed by atoms with E-state index in [4.69, 9.17) is 5.26 Å². The van der Waals surface area contributed by atoms with Crippen LogP contribution in [0.25, 0.3) is 0 Å². The van der Waals surface area contributed by atoms with Crippen LogP contribution in [0.2, 0.25) is 0 Å². The minimum Gasteiger partial charge on any atom is -0.299 e. The van der Waals surface area contributed by atoms with E-state index < -0.39 is 0 Å². The molecule has 2 rings (SSSR count). The summed E-state index contributed by atoms with van der Waals surface area (Å²) >= 11 is 0. The maximum absolute atomic E-state index is 8.69. The van der Waals surface area contributed by atoms with Crippen LogP contribution in [-0.4, -0.2) is 23.0 Å². The Morgan fingerprint density at radius 2 is 2.43 bits per heavy atom. The molecular weight excluding hydrogens is 174 g/mol. The Morgan fingerprint density at radius 3 is 3.07 bits per heavy atom. The van der Waals surface area contributed by atoms with Crippen molar-refractivity contribution < 1.29 is 0 Å². The van der Waals surface area contributed by atoms with Crippen molar-refractivity contribution in [3.8, 4) is 6.07 Å². The van der Waals surface area contributed by atoms with Gasteiger partial charge in [-0.15, -0.1) is 0 Å². The fourth-order valence-electron chi connectivity index (χ4n) is 1.57. The molecule has 1 heterocycles. The van der Waals surface area contributed by atoms with Crippen molar-refractivity contribution in [1.82, 2.24) is 9.88 Å². The lowest BCUT2D eigenvalue weighted by molar-refractivity contribution is 0.316. The van der Waals surface area contributed by atoms with Gasteiger partial charge in [0.2, 0.25) is 0 Å². The van der Waals surface area contributed by atoms with E-state index in [0.717, 1.165) is 12.6 Å². The molecule has 3 nitrogen and oxygen atoms in total. The topological polar surface area (TPSA) is 39.9 Å². The number of rotatable bonds is 3.